The first kappa shape index (κ1) is 19.6. The summed E-state index contributed by atoms with van der Waals surface area (Å²) in [6, 6.07) is 5.96. The zero-order valence-electron chi connectivity index (χ0n) is 14.9. The molecule has 1 aliphatic rings. The normalized spacial score (nSPS) is 16.6. The summed E-state index contributed by atoms with van der Waals surface area (Å²) in [4.78, 5) is 16.2. The van der Waals surface area contributed by atoms with Crippen molar-refractivity contribution in [3.63, 3.8) is 0 Å². The first-order valence-electron chi connectivity index (χ1n) is 8.54. The van der Waals surface area contributed by atoms with Crippen molar-refractivity contribution >= 4 is 15.9 Å². The van der Waals surface area contributed by atoms with Gasteiger partial charge in [0.1, 0.15) is 0 Å². The summed E-state index contributed by atoms with van der Waals surface area (Å²) in [5, 5.41) is 0. The van der Waals surface area contributed by atoms with Gasteiger partial charge in [-0.15, -0.1) is 6.58 Å². The van der Waals surface area contributed by atoms with E-state index in [2.05, 4.69) is 16.2 Å². The van der Waals surface area contributed by atoms with Crippen LogP contribution in [0.5, 0.6) is 0 Å². The smallest absolute Gasteiger partial charge is 0.253 e. The Morgan fingerprint density at radius 3 is 2.72 bits per heavy atom. The molecule has 1 aromatic carbocycles. The van der Waals surface area contributed by atoms with E-state index in [0.717, 1.165) is 13.1 Å². The largest absolute Gasteiger partial charge is 0.338 e. The van der Waals surface area contributed by atoms with Gasteiger partial charge in [-0.25, -0.2) is 13.1 Å². The van der Waals surface area contributed by atoms with E-state index >= 15 is 0 Å². The maximum absolute atomic E-state index is 12.6. The van der Waals surface area contributed by atoms with Crippen molar-refractivity contribution in [2.45, 2.75) is 30.7 Å². The molecule has 6 nitrogen and oxygen atoms in total. The first-order valence-corrected chi connectivity index (χ1v) is 10.0. The minimum absolute atomic E-state index is 0.110. The standard InChI is InChI=1S/C18H27N3O3S/c1-4-10-20(3)18(22)16-8-7-9-17(13-16)25(23,24)19-15(2)14-21-11-5-6-12-21/h4,7-9,13,15,19H,1,5-6,10-12,14H2,2-3H3/t15-/m0/s1. The van der Waals surface area contributed by atoms with Crippen molar-refractivity contribution in [1.82, 2.24) is 14.5 Å². The van der Waals surface area contributed by atoms with Gasteiger partial charge < -0.3 is 9.80 Å². The Labute approximate surface area is 150 Å². The van der Waals surface area contributed by atoms with Gasteiger partial charge in [0.15, 0.2) is 0 Å². The zero-order valence-corrected chi connectivity index (χ0v) is 15.8. The van der Waals surface area contributed by atoms with E-state index in [1.807, 2.05) is 6.92 Å². The molecular formula is C18H27N3O3S. The fraction of sp³-hybridized carbons (Fsp3) is 0.500. The Balaban J connectivity index is 2.09. The highest BCUT2D eigenvalue weighted by atomic mass is 32.2. The van der Waals surface area contributed by atoms with Crippen molar-refractivity contribution in [1.29, 1.82) is 0 Å². The lowest BCUT2D eigenvalue weighted by atomic mass is 10.2. The summed E-state index contributed by atoms with van der Waals surface area (Å²) < 4.78 is 27.9. The van der Waals surface area contributed by atoms with Crippen LogP contribution >= 0.6 is 0 Å². The van der Waals surface area contributed by atoms with Gasteiger partial charge in [-0.2, -0.15) is 0 Å². The number of likely N-dealkylation sites (N-methyl/N-ethyl adjacent to an activating group) is 1. The molecule has 1 aromatic rings. The fourth-order valence-corrected chi connectivity index (χ4v) is 4.30. The average molecular weight is 365 g/mol. The van der Waals surface area contributed by atoms with Crippen LogP contribution in [0.25, 0.3) is 0 Å². The summed E-state index contributed by atoms with van der Waals surface area (Å²) in [5.41, 5.74) is 0.347. The number of sulfonamides is 1. The molecule has 1 atom stereocenters. The molecule has 0 aromatic heterocycles. The van der Waals surface area contributed by atoms with E-state index in [1.165, 1.54) is 29.9 Å². The summed E-state index contributed by atoms with van der Waals surface area (Å²) in [5.74, 6) is -0.234. The Morgan fingerprint density at radius 2 is 2.08 bits per heavy atom. The lowest BCUT2D eigenvalue weighted by Crippen LogP contribution is -2.41. The predicted molar refractivity (Wildman–Crippen MR) is 99.1 cm³/mol. The lowest BCUT2D eigenvalue weighted by molar-refractivity contribution is 0.0810. The molecule has 1 N–H and O–H groups in total. The molecule has 1 saturated heterocycles. The number of nitrogens with zero attached hydrogens (tertiary/aromatic N) is 2. The molecule has 0 bridgehead atoms. The van der Waals surface area contributed by atoms with Crippen molar-refractivity contribution in [3.05, 3.63) is 42.5 Å². The zero-order chi connectivity index (χ0) is 18.4. The molecular weight excluding hydrogens is 338 g/mol. The van der Waals surface area contributed by atoms with Crippen LogP contribution in [0.15, 0.2) is 41.8 Å². The van der Waals surface area contributed by atoms with Crippen molar-refractivity contribution in [2.75, 3.05) is 33.2 Å². The Morgan fingerprint density at radius 1 is 1.40 bits per heavy atom. The topological polar surface area (TPSA) is 69.7 Å². The molecule has 25 heavy (non-hydrogen) atoms. The van der Waals surface area contributed by atoms with Crippen molar-refractivity contribution in [3.8, 4) is 0 Å². The second kappa shape index (κ2) is 8.60. The van der Waals surface area contributed by atoms with Crippen molar-refractivity contribution < 1.29 is 13.2 Å². The fourth-order valence-electron chi connectivity index (χ4n) is 3.02. The number of benzene rings is 1. The van der Waals surface area contributed by atoms with Gasteiger partial charge in [-0.3, -0.25) is 4.79 Å². The molecule has 0 radical (unpaired) electrons. The first-order chi connectivity index (χ1) is 11.8. The SMILES string of the molecule is C=CCN(C)C(=O)c1cccc(S(=O)(=O)N[C@@H](C)CN2CCCC2)c1. The van der Waals surface area contributed by atoms with Gasteiger partial charge in [0.2, 0.25) is 10.0 Å². The molecule has 0 saturated carbocycles. The number of likely N-dealkylation sites (tertiary alicyclic amines) is 1. The van der Waals surface area contributed by atoms with Crippen LogP contribution < -0.4 is 4.72 Å². The number of amides is 1. The molecule has 1 aliphatic heterocycles. The third kappa shape index (κ3) is 5.39. The van der Waals surface area contributed by atoms with Gasteiger partial charge in [0.05, 0.1) is 4.90 Å². The number of rotatable bonds is 8. The van der Waals surface area contributed by atoms with Gasteiger partial charge in [-0.05, 0) is 51.1 Å². The maximum Gasteiger partial charge on any atom is 0.253 e. The monoisotopic (exact) mass is 365 g/mol. The van der Waals surface area contributed by atoms with E-state index in [-0.39, 0.29) is 16.8 Å². The molecule has 1 amide bonds. The predicted octanol–water partition coefficient (Wildman–Crippen LogP) is 1.71. The summed E-state index contributed by atoms with van der Waals surface area (Å²) in [6.45, 7) is 8.61. The highest BCUT2D eigenvalue weighted by Gasteiger charge is 2.22. The number of carbonyl (C=O) groups is 1. The molecule has 0 spiro atoms. The van der Waals surface area contributed by atoms with Crippen LogP contribution in [0.2, 0.25) is 0 Å². The quantitative estimate of drug-likeness (QED) is 0.712. The van der Waals surface area contributed by atoms with Crippen LogP contribution in [0.1, 0.15) is 30.1 Å². The number of hydrogen-bond acceptors (Lipinski definition) is 4. The maximum atomic E-state index is 12.6. The summed E-state index contributed by atoms with van der Waals surface area (Å²) in [6.07, 6.45) is 3.96. The Bertz CT molecular complexity index is 712. The van der Waals surface area contributed by atoms with Crippen molar-refractivity contribution in [2.24, 2.45) is 0 Å². The summed E-state index contributed by atoms with van der Waals surface area (Å²) >= 11 is 0. The highest BCUT2D eigenvalue weighted by molar-refractivity contribution is 7.89. The van der Waals surface area contributed by atoms with E-state index in [9.17, 15) is 13.2 Å². The lowest BCUT2D eigenvalue weighted by Gasteiger charge is -2.21. The van der Waals surface area contributed by atoms with Crippen LogP contribution in [0.4, 0.5) is 0 Å². The Kier molecular flexibility index (Phi) is 6.75. The second-order valence-electron chi connectivity index (χ2n) is 6.53. The third-order valence-corrected chi connectivity index (χ3v) is 5.82. The van der Waals surface area contributed by atoms with Gasteiger partial charge in [-0.1, -0.05) is 12.1 Å². The molecule has 0 unspecified atom stereocenters. The van der Waals surface area contributed by atoms with E-state index in [1.54, 1.807) is 25.3 Å². The van der Waals surface area contributed by atoms with E-state index in [4.69, 9.17) is 0 Å². The molecule has 1 heterocycles. The van der Waals surface area contributed by atoms with Gasteiger partial charge >= 0.3 is 0 Å². The van der Waals surface area contributed by atoms with E-state index < -0.39 is 10.0 Å². The number of nitrogens with one attached hydrogen (secondary N) is 1. The molecule has 0 aliphatic carbocycles. The second-order valence-corrected chi connectivity index (χ2v) is 8.25. The highest BCUT2D eigenvalue weighted by Crippen LogP contribution is 2.14. The molecule has 2 rings (SSSR count). The van der Waals surface area contributed by atoms with Gasteiger partial charge in [0.25, 0.3) is 5.91 Å². The number of hydrogen-bond donors (Lipinski definition) is 1. The minimum atomic E-state index is -3.66. The van der Waals surface area contributed by atoms with Crippen LogP contribution in [0, 0.1) is 0 Å². The average Bonchev–Trinajstić information content (AvgIpc) is 3.06. The molecule has 1 fully saturated rings. The van der Waals surface area contributed by atoms with Crippen LogP contribution in [-0.2, 0) is 10.0 Å². The third-order valence-electron chi connectivity index (χ3n) is 4.23. The molecule has 138 valence electrons. The summed E-state index contributed by atoms with van der Waals surface area (Å²) in [7, 11) is -2.01. The molecule has 7 heteroatoms. The van der Waals surface area contributed by atoms with E-state index in [0.29, 0.717) is 18.7 Å². The van der Waals surface area contributed by atoms with Gasteiger partial charge in [0, 0.05) is 31.7 Å². The van der Waals surface area contributed by atoms with Crippen LogP contribution in [0.3, 0.4) is 0 Å². The number of carbonyl (C=O) groups excluding carboxylic acids is 1. The van der Waals surface area contributed by atoms with Crippen LogP contribution in [-0.4, -0.2) is 63.4 Å². The Hall–Kier alpha value is -1.70. The minimum Gasteiger partial charge on any atom is -0.338 e.